The number of nitrogens with zero attached hydrogens (tertiary/aromatic N) is 1. The van der Waals surface area contributed by atoms with Gasteiger partial charge in [-0.25, -0.2) is 8.42 Å². The van der Waals surface area contributed by atoms with Crippen LogP contribution in [-0.4, -0.2) is 22.1 Å². The van der Waals surface area contributed by atoms with Gasteiger partial charge in [0.25, 0.3) is 10.0 Å². The van der Waals surface area contributed by atoms with Gasteiger partial charge in [-0.05, 0) is 31.2 Å². The molecule has 0 fully saturated rings. The summed E-state index contributed by atoms with van der Waals surface area (Å²) in [6.45, 7) is 5.75. The van der Waals surface area contributed by atoms with Crippen molar-refractivity contribution in [1.82, 2.24) is 0 Å². The van der Waals surface area contributed by atoms with Crippen molar-refractivity contribution in [2.24, 2.45) is 0 Å². The molecule has 0 aliphatic carbocycles. The number of aryl methyl sites for hydroxylation is 1. The van der Waals surface area contributed by atoms with Crippen LogP contribution in [0.2, 0.25) is 0 Å². The normalized spacial score (nSPS) is 11.0. The standard InChI is InChI=1S/C17H19NO3S/c1-4-12-18(15-6-5-7-16(13-15)21-3)22(19,20)17-10-8-14(2)9-11-17/h4-11,13H,1,12H2,2-3H3. The molecule has 0 unspecified atom stereocenters. The molecule has 0 N–H and O–H groups in total. The molecule has 116 valence electrons. The first-order valence-corrected chi connectivity index (χ1v) is 8.27. The van der Waals surface area contributed by atoms with Crippen LogP contribution >= 0.6 is 0 Å². The third-order valence-electron chi connectivity index (χ3n) is 3.25. The van der Waals surface area contributed by atoms with Gasteiger partial charge in [-0.1, -0.05) is 29.8 Å². The van der Waals surface area contributed by atoms with E-state index in [0.717, 1.165) is 5.56 Å². The summed E-state index contributed by atoms with van der Waals surface area (Å²) >= 11 is 0. The van der Waals surface area contributed by atoms with Crippen molar-refractivity contribution < 1.29 is 13.2 Å². The van der Waals surface area contributed by atoms with Crippen molar-refractivity contribution in [1.29, 1.82) is 0 Å². The van der Waals surface area contributed by atoms with Crippen LogP contribution in [0.5, 0.6) is 5.75 Å². The molecule has 0 radical (unpaired) electrons. The van der Waals surface area contributed by atoms with E-state index in [-0.39, 0.29) is 11.4 Å². The number of methoxy groups -OCH3 is 1. The van der Waals surface area contributed by atoms with Gasteiger partial charge in [-0.3, -0.25) is 4.31 Å². The number of benzene rings is 2. The number of anilines is 1. The van der Waals surface area contributed by atoms with Crippen molar-refractivity contribution in [2.45, 2.75) is 11.8 Å². The summed E-state index contributed by atoms with van der Waals surface area (Å²) in [5, 5.41) is 0. The average molecular weight is 317 g/mol. The molecule has 2 rings (SSSR count). The molecule has 0 bridgehead atoms. The minimum atomic E-state index is -3.65. The Morgan fingerprint density at radius 3 is 2.45 bits per heavy atom. The second-order valence-electron chi connectivity index (χ2n) is 4.84. The van der Waals surface area contributed by atoms with Gasteiger partial charge in [-0.15, -0.1) is 6.58 Å². The van der Waals surface area contributed by atoms with Crippen LogP contribution < -0.4 is 9.04 Å². The van der Waals surface area contributed by atoms with E-state index >= 15 is 0 Å². The van der Waals surface area contributed by atoms with Gasteiger partial charge in [-0.2, -0.15) is 0 Å². The Kier molecular flexibility index (Phi) is 4.88. The van der Waals surface area contributed by atoms with Crippen LogP contribution in [0, 0.1) is 6.92 Å². The van der Waals surface area contributed by atoms with E-state index in [0.29, 0.717) is 11.4 Å². The Labute approximate surface area is 131 Å². The van der Waals surface area contributed by atoms with Crippen molar-refractivity contribution >= 4 is 15.7 Å². The van der Waals surface area contributed by atoms with Gasteiger partial charge < -0.3 is 4.74 Å². The number of hydrogen-bond donors (Lipinski definition) is 0. The van der Waals surface area contributed by atoms with Gasteiger partial charge in [0.15, 0.2) is 0 Å². The van der Waals surface area contributed by atoms with Crippen molar-refractivity contribution in [3.05, 3.63) is 66.7 Å². The Balaban J connectivity index is 2.50. The zero-order valence-corrected chi connectivity index (χ0v) is 13.5. The van der Waals surface area contributed by atoms with Gasteiger partial charge in [0, 0.05) is 6.07 Å². The Morgan fingerprint density at radius 1 is 1.18 bits per heavy atom. The van der Waals surface area contributed by atoms with E-state index in [2.05, 4.69) is 6.58 Å². The minimum absolute atomic E-state index is 0.184. The molecule has 0 amide bonds. The molecule has 0 saturated heterocycles. The van der Waals surface area contributed by atoms with Crippen molar-refractivity contribution in [3.8, 4) is 5.75 Å². The molecular formula is C17H19NO3S. The van der Waals surface area contributed by atoms with E-state index in [9.17, 15) is 8.42 Å². The molecule has 5 heteroatoms. The van der Waals surface area contributed by atoms with E-state index in [1.165, 1.54) is 4.31 Å². The lowest BCUT2D eigenvalue weighted by Crippen LogP contribution is -2.31. The van der Waals surface area contributed by atoms with Gasteiger partial charge >= 0.3 is 0 Å². The molecule has 0 aliphatic heterocycles. The predicted octanol–water partition coefficient (Wildman–Crippen LogP) is 3.38. The Morgan fingerprint density at radius 2 is 1.86 bits per heavy atom. The number of hydrogen-bond acceptors (Lipinski definition) is 3. The van der Waals surface area contributed by atoms with E-state index in [1.54, 1.807) is 61.7 Å². The maximum Gasteiger partial charge on any atom is 0.264 e. The van der Waals surface area contributed by atoms with Gasteiger partial charge in [0.2, 0.25) is 0 Å². The molecule has 0 spiro atoms. The summed E-state index contributed by atoms with van der Waals surface area (Å²) in [6, 6.07) is 13.7. The molecule has 2 aromatic rings. The fourth-order valence-electron chi connectivity index (χ4n) is 2.06. The fourth-order valence-corrected chi connectivity index (χ4v) is 3.49. The fraction of sp³-hybridized carbons (Fsp3) is 0.176. The lowest BCUT2D eigenvalue weighted by atomic mass is 10.2. The first kappa shape index (κ1) is 16.1. The molecule has 0 aliphatic rings. The maximum atomic E-state index is 12.9. The number of ether oxygens (including phenoxy) is 1. The predicted molar refractivity (Wildman–Crippen MR) is 88.9 cm³/mol. The summed E-state index contributed by atoms with van der Waals surface area (Å²) in [4.78, 5) is 0.253. The largest absolute Gasteiger partial charge is 0.497 e. The summed E-state index contributed by atoms with van der Waals surface area (Å²) in [5.74, 6) is 0.602. The van der Waals surface area contributed by atoms with Crippen LogP contribution in [0.3, 0.4) is 0 Å². The monoisotopic (exact) mass is 317 g/mol. The minimum Gasteiger partial charge on any atom is -0.497 e. The SMILES string of the molecule is C=CCN(c1cccc(OC)c1)S(=O)(=O)c1ccc(C)cc1. The maximum absolute atomic E-state index is 12.9. The second kappa shape index (κ2) is 6.66. The Bertz CT molecular complexity index is 752. The lowest BCUT2D eigenvalue weighted by Gasteiger charge is -2.23. The summed E-state index contributed by atoms with van der Waals surface area (Å²) in [6.07, 6.45) is 1.56. The first-order valence-electron chi connectivity index (χ1n) is 6.83. The lowest BCUT2D eigenvalue weighted by molar-refractivity contribution is 0.415. The quantitative estimate of drug-likeness (QED) is 0.767. The Hall–Kier alpha value is -2.27. The molecule has 0 saturated carbocycles. The first-order chi connectivity index (χ1) is 10.5. The highest BCUT2D eigenvalue weighted by Gasteiger charge is 2.24. The van der Waals surface area contributed by atoms with E-state index in [1.807, 2.05) is 6.92 Å². The van der Waals surface area contributed by atoms with Crippen LogP contribution in [0.1, 0.15) is 5.56 Å². The highest BCUT2D eigenvalue weighted by molar-refractivity contribution is 7.92. The van der Waals surface area contributed by atoms with E-state index < -0.39 is 10.0 Å². The molecule has 0 heterocycles. The van der Waals surface area contributed by atoms with Gasteiger partial charge in [0.05, 0.1) is 24.2 Å². The summed E-state index contributed by atoms with van der Waals surface area (Å²) in [7, 11) is -2.10. The highest BCUT2D eigenvalue weighted by Crippen LogP contribution is 2.27. The molecular weight excluding hydrogens is 298 g/mol. The number of sulfonamides is 1. The zero-order chi connectivity index (χ0) is 16.2. The second-order valence-corrected chi connectivity index (χ2v) is 6.70. The molecule has 0 aromatic heterocycles. The van der Waals surface area contributed by atoms with Crippen LogP contribution in [0.15, 0.2) is 66.1 Å². The molecule has 4 nitrogen and oxygen atoms in total. The molecule has 2 aromatic carbocycles. The molecule has 0 atom stereocenters. The van der Waals surface area contributed by atoms with Crippen LogP contribution in [0.4, 0.5) is 5.69 Å². The van der Waals surface area contributed by atoms with Crippen molar-refractivity contribution in [3.63, 3.8) is 0 Å². The van der Waals surface area contributed by atoms with E-state index in [4.69, 9.17) is 4.74 Å². The number of rotatable bonds is 6. The third-order valence-corrected chi connectivity index (χ3v) is 5.05. The van der Waals surface area contributed by atoms with Crippen molar-refractivity contribution in [2.75, 3.05) is 18.0 Å². The zero-order valence-electron chi connectivity index (χ0n) is 12.7. The van der Waals surface area contributed by atoms with Gasteiger partial charge in [0.1, 0.15) is 5.75 Å². The third kappa shape index (κ3) is 3.31. The van der Waals surface area contributed by atoms with Crippen LogP contribution in [0.25, 0.3) is 0 Å². The summed E-state index contributed by atoms with van der Waals surface area (Å²) < 4.78 is 32.2. The average Bonchev–Trinajstić information content (AvgIpc) is 2.53. The molecule has 22 heavy (non-hydrogen) atoms. The topological polar surface area (TPSA) is 46.6 Å². The van der Waals surface area contributed by atoms with Crippen LogP contribution in [-0.2, 0) is 10.0 Å². The smallest absolute Gasteiger partial charge is 0.264 e. The summed E-state index contributed by atoms with van der Waals surface area (Å²) in [5.41, 5.74) is 1.55. The highest BCUT2D eigenvalue weighted by atomic mass is 32.2.